The maximum atomic E-state index is 12.9. The zero-order valence-corrected chi connectivity index (χ0v) is 15.6. The number of hydrogen-bond acceptors (Lipinski definition) is 4. The summed E-state index contributed by atoms with van der Waals surface area (Å²) in [5.74, 6) is -0.979. The van der Waals surface area contributed by atoms with Crippen LogP contribution in [0.5, 0.6) is 0 Å². The second kappa shape index (κ2) is 9.43. The number of benzene rings is 3. The number of nitrogens with one attached hydrogen (secondary N) is 3. The van der Waals surface area contributed by atoms with Gasteiger partial charge in [-0.25, -0.2) is 0 Å². The summed E-state index contributed by atoms with van der Waals surface area (Å²) in [7, 11) is 0. The Kier molecular flexibility index (Phi) is 6.50. The van der Waals surface area contributed by atoms with Crippen LogP contribution in [0.4, 0.5) is 0 Å². The lowest BCUT2D eigenvalue weighted by Gasteiger charge is -2.19. The van der Waals surface area contributed by atoms with Gasteiger partial charge in [-0.05, 0) is 23.3 Å². The van der Waals surface area contributed by atoms with Crippen molar-refractivity contribution in [2.75, 3.05) is 0 Å². The third-order valence-corrected chi connectivity index (χ3v) is 4.38. The molecule has 0 aromatic heterocycles. The maximum Gasteiger partial charge on any atom is 0.252 e. The zero-order chi connectivity index (χ0) is 20.6. The number of aliphatic hydroxyl groups is 1. The SMILES string of the molecule is N=C(NC(=O)C(NC(=O)c1ccc(CO)cc1)c1ccccc1)c1ccccc1. The van der Waals surface area contributed by atoms with Crippen molar-refractivity contribution >= 4 is 17.6 Å². The standard InChI is InChI=1S/C23H21N3O3/c24-21(18-9-5-2-6-10-18)26-23(29)20(17-7-3-1-4-8-17)25-22(28)19-13-11-16(15-27)12-14-19/h1-14,20,27H,15H2,(H,25,28)(H2,24,26,29). The van der Waals surface area contributed by atoms with E-state index in [-0.39, 0.29) is 12.4 Å². The van der Waals surface area contributed by atoms with Crippen LogP contribution in [0.2, 0.25) is 0 Å². The lowest BCUT2D eigenvalue weighted by molar-refractivity contribution is -0.121. The Labute approximate surface area is 168 Å². The number of amides is 2. The molecule has 6 nitrogen and oxygen atoms in total. The molecule has 3 aromatic carbocycles. The van der Waals surface area contributed by atoms with Gasteiger partial charge in [0.15, 0.2) is 0 Å². The van der Waals surface area contributed by atoms with E-state index in [0.29, 0.717) is 22.3 Å². The molecule has 0 saturated carbocycles. The number of amidine groups is 1. The molecule has 0 aliphatic carbocycles. The summed E-state index contributed by atoms with van der Waals surface area (Å²) in [6.07, 6.45) is 0. The van der Waals surface area contributed by atoms with Gasteiger partial charge in [-0.1, -0.05) is 72.8 Å². The van der Waals surface area contributed by atoms with Gasteiger partial charge in [0.05, 0.1) is 6.61 Å². The van der Waals surface area contributed by atoms with Crippen LogP contribution in [0.1, 0.15) is 33.1 Å². The van der Waals surface area contributed by atoms with Crippen molar-refractivity contribution in [2.45, 2.75) is 12.6 Å². The highest BCUT2D eigenvalue weighted by molar-refractivity contribution is 6.08. The highest BCUT2D eigenvalue weighted by Gasteiger charge is 2.24. The Hall–Kier alpha value is -3.77. The predicted octanol–water partition coefficient (Wildman–Crippen LogP) is 2.79. The zero-order valence-electron chi connectivity index (χ0n) is 15.6. The van der Waals surface area contributed by atoms with Crippen LogP contribution >= 0.6 is 0 Å². The summed E-state index contributed by atoms with van der Waals surface area (Å²) in [6.45, 7) is -0.113. The fraction of sp³-hybridized carbons (Fsp3) is 0.0870. The van der Waals surface area contributed by atoms with Gasteiger partial charge in [0.1, 0.15) is 11.9 Å². The van der Waals surface area contributed by atoms with Gasteiger partial charge in [0.25, 0.3) is 11.8 Å². The van der Waals surface area contributed by atoms with Crippen molar-refractivity contribution in [3.63, 3.8) is 0 Å². The molecule has 0 radical (unpaired) electrons. The third kappa shape index (κ3) is 5.15. The van der Waals surface area contributed by atoms with Crippen molar-refractivity contribution in [1.29, 1.82) is 5.41 Å². The molecule has 0 fully saturated rings. The molecule has 3 rings (SSSR count). The molecule has 6 heteroatoms. The Morgan fingerprint density at radius 2 is 1.41 bits per heavy atom. The smallest absolute Gasteiger partial charge is 0.252 e. The van der Waals surface area contributed by atoms with Crippen molar-refractivity contribution in [3.8, 4) is 0 Å². The highest BCUT2D eigenvalue weighted by Crippen LogP contribution is 2.15. The maximum absolute atomic E-state index is 12.9. The van der Waals surface area contributed by atoms with E-state index >= 15 is 0 Å². The Morgan fingerprint density at radius 1 is 0.828 bits per heavy atom. The number of hydrogen-bond donors (Lipinski definition) is 4. The van der Waals surface area contributed by atoms with Crippen molar-refractivity contribution in [3.05, 3.63) is 107 Å². The largest absolute Gasteiger partial charge is 0.392 e. The number of carbonyl (C=O) groups is 2. The monoisotopic (exact) mass is 387 g/mol. The summed E-state index contributed by atoms with van der Waals surface area (Å²) in [5.41, 5.74) is 2.23. The molecule has 0 bridgehead atoms. The minimum atomic E-state index is -0.967. The van der Waals surface area contributed by atoms with Gasteiger partial charge in [0, 0.05) is 11.1 Å². The van der Waals surface area contributed by atoms with Crippen LogP contribution in [-0.4, -0.2) is 22.8 Å². The average molecular weight is 387 g/mol. The molecule has 146 valence electrons. The number of aliphatic hydroxyl groups excluding tert-OH is 1. The molecule has 3 aromatic rings. The first-order valence-corrected chi connectivity index (χ1v) is 9.09. The lowest BCUT2D eigenvalue weighted by Crippen LogP contribution is -2.42. The first kappa shape index (κ1) is 20.0. The molecular weight excluding hydrogens is 366 g/mol. The first-order chi connectivity index (χ1) is 14.1. The van der Waals surface area contributed by atoms with E-state index in [2.05, 4.69) is 10.6 Å². The first-order valence-electron chi connectivity index (χ1n) is 9.09. The molecule has 29 heavy (non-hydrogen) atoms. The molecule has 1 unspecified atom stereocenters. The third-order valence-electron chi connectivity index (χ3n) is 4.38. The van der Waals surface area contributed by atoms with E-state index in [0.717, 1.165) is 0 Å². The molecule has 0 aliphatic rings. The summed E-state index contributed by atoms with van der Waals surface area (Å²) in [6, 6.07) is 23.2. The molecule has 0 saturated heterocycles. The van der Waals surface area contributed by atoms with E-state index in [4.69, 9.17) is 10.5 Å². The molecule has 0 aliphatic heterocycles. The normalized spacial score (nSPS) is 11.3. The molecular formula is C23H21N3O3. The van der Waals surface area contributed by atoms with E-state index in [9.17, 15) is 9.59 Å². The lowest BCUT2D eigenvalue weighted by atomic mass is 10.0. The number of rotatable bonds is 6. The van der Waals surface area contributed by atoms with Crippen molar-refractivity contribution < 1.29 is 14.7 Å². The minimum absolute atomic E-state index is 0.0434. The topological polar surface area (TPSA) is 102 Å². The second-order valence-electron chi connectivity index (χ2n) is 6.40. The van der Waals surface area contributed by atoms with Crippen LogP contribution in [0.25, 0.3) is 0 Å². The average Bonchev–Trinajstić information content (AvgIpc) is 2.78. The van der Waals surface area contributed by atoms with Gasteiger partial charge in [0.2, 0.25) is 0 Å². The fourth-order valence-corrected chi connectivity index (χ4v) is 2.79. The Bertz CT molecular complexity index is 987. The minimum Gasteiger partial charge on any atom is -0.392 e. The quantitative estimate of drug-likeness (QED) is 0.386. The van der Waals surface area contributed by atoms with Gasteiger partial charge < -0.3 is 15.7 Å². The molecule has 1 atom stereocenters. The molecule has 0 heterocycles. The van der Waals surface area contributed by atoms with Crippen LogP contribution in [0.15, 0.2) is 84.9 Å². The summed E-state index contributed by atoms with van der Waals surface area (Å²) >= 11 is 0. The predicted molar refractivity (Wildman–Crippen MR) is 110 cm³/mol. The molecule has 4 N–H and O–H groups in total. The van der Waals surface area contributed by atoms with Crippen LogP contribution in [0, 0.1) is 5.41 Å². The highest BCUT2D eigenvalue weighted by atomic mass is 16.3. The summed E-state index contributed by atoms with van der Waals surface area (Å²) in [4.78, 5) is 25.6. The Balaban J connectivity index is 1.80. The Morgan fingerprint density at radius 3 is 2.00 bits per heavy atom. The van der Waals surface area contributed by atoms with E-state index in [1.807, 2.05) is 12.1 Å². The summed E-state index contributed by atoms with van der Waals surface area (Å²) in [5, 5.41) is 22.6. The van der Waals surface area contributed by atoms with Crippen LogP contribution in [0.3, 0.4) is 0 Å². The fourth-order valence-electron chi connectivity index (χ4n) is 2.79. The van der Waals surface area contributed by atoms with Crippen LogP contribution in [-0.2, 0) is 11.4 Å². The van der Waals surface area contributed by atoms with Gasteiger partial charge in [-0.2, -0.15) is 0 Å². The molecule has 0 spiro atoms. The molecule has 2 amide bonds. The van der Waals surface area contributed by atoms with E-state index in [1.165, 1.54) is 0 Å². The van der Waals surface area contributed by atoms with Gasteiger partial charge in [-0.15, -0.1) is 0 Å². The second-order valence-corrected chi connectivity index (χ2v) is 6.40. The van der Waals surface area contributed by atoms with Gasteiger partial charge >= 0.3 is 0 Å². The number of carbonyl (C=O) groups excluding carboxylic acids is 2. The van der Waals surface area contributed by atoms with E-state index < -0.39 is 17.9 Å². The van der Waals surface area contributed by atoms with Gasteiger partial charge in [-0.3, -0.25) is 15.0 Å². The van der Waals surface area contributed by atoms with E-state index in [1.54, 1.807) is 72.8 Å². The van der Waals surface area contributed by atoms with Crippen molar-refractivity contribution in [2.24, 2.45) is 0 Å². The summed E-state index contributed by atoms with van der Waals surface area (Å²) < 4.78 is 0. The van der Waals surface area contributed by atoms with Crippen LogP contribution < -0.4 is 10.6 Å². The van der Waals surface area contributed by atoms with Crippen molar-refractivity contribution in [1.82, 2.24) is 10.6 Å².